The van der Waals surface area contributed by atoms with Gasteiger partial charge < -0.3 is 0 Å². The molecule has 1 aromatic carbocycles. The summed E-state index contributed by atoms with van der Waals surface area (Å²) in [6.07, 6.45) is 7.15. The summed E-state index contributed by atoms with van der Waals surface area (Å²) in [4.78, 5) is 0.184. The first-order chi connectivity index (χ1) is 10.3. The van der Waals surface area contributed by atoms with Gasteiger partial charge in [-0.05, 0) is 61.3 Å². The molecule has 110 valence electrons. The summed E-state index contributed by atoms with van der Waals surface area (Å²) >= 11 is 1.79. The van der Waals surface area contributed by atoms with Gasteiger partial charge in [-0.3, -0.25) is 5.01 Å². The van der Waals surface area contributed by atoms with Gasteiger partial charge >= 0.3 is 0 Å². The third-order valence-electron chi connectivity index (χ3n) is 6.22. The van der Waals surface area contributed by atoms with Gasteiger partial charge in [-0.25, -0.2) is 0 Å². The predicted molar refractivity (Wildman–Crippen MR) is 84.2 cm³/mol. The van der Waals surface area contributed by atoms with Crippen LogP contribution in [0.15, 0.2) is 40.1 Å². The minimum atomic E-state index is 0.184. The number of nitrogens with zero attached hydrogens (tertiary/aromatic N) is 3. The Morgan fingerprint density at radius 1 is 1.00 bits per heavy atom. The van der Waals surface area contributed by atoms with Crippen molar-refractivity contribution in [3.05, 3.63) is 35.9 Å². The molecule has 4 bridgehead atoms. The normalized spacial score (nSPS) is 43.1. The molecule has 0 radical (unpaired) electrons. The van der Waals surface area contributed by atoms with Crippen LogP contribution in [0.25, 0.3) is 0 Å². The van der Waals surface area contributed by atoms with Crippen LogP contribution >= 0.6 is 11.9 Å². The van der Waals surface area contributed by atoms with Gasteiger partial charge in [0, 0.05) is 11.9 Å². The Hall–Kier alpha value is -1.03. The first kappa shape index (κ1) is 12.5. The second-order valence-corrected chi connectivity index (χ2v) is 8.36. The molecular formula is C17H21N3S. The van der Waals surface area contributed by atoms with Crippen molar-refractivity contribution >= 4 is 11.9 Å². The molecule has 0 N–H and O–H groups in total. The third-order valence-corrected chi connectivity index (χ3v) is 7.54. The van der Waals surface area contributed by atoms with Crippen molar-refractivity contribution in [3.63, 3.8) is 0 Å². The topological polar surface area (TPSA) is 28.0 Å². The quantitative estimate of drug-likeness (QED) is 0.742. The lowest BCUT2D eigenvalue weighted by Crippen LogP contribution is -2.61. The first-order valence-electron chi connectivity index (χ1n) is 8.25. The molecule has 1 aromatic rings. The van der Waals surface area contributed by atoms with Crippen LogP contribution in [0, 0.1) is 23.7 Å². The third kappa shape index (κ3) is 1.74. The van der Waals surface area contributed by atoms with E-state index in [-0.39, 0.29) is 4.87 Å². The van der Waals surface area contributed by atoms with E-state index in [4.69, 9.17) is 0 Å². The standard InChI is InChI=1S/C17H21N3S/c1-2-4-12(5-3-1)11-20-17(21-19-18-20)15-7-13-6-14(9-15)10-16(17)8-13/h1-5,13-16H,6-11H2. The van der Waals surface area contributed by atoms with Crippen molar-refractivity contribution in [1.82, 2.24) is 5.01 Å². The maximum absolute atomic E-state index is 4.55. The predicted octanol–water partition coefficient (Wildman–Crippen LogP) is 4.67. The monoisotopic (exact) mass is 299 g/mol. The van der Waals surface area contributed by atoms with Crippen LogP contribution in [0.4, 0.5) is 0 Å². The lowest BCUT2D eigenvalue weighted by atomic mass is 9.53. The Balaban J connectivity index is 1.48. The number of hydrogen-bond donors (Lipinski definition) is 0. The average Bonchev–Trinajstić information content (AvgIpc) is 2.90. The van der Waals surface area contributed by atoms with E-state index in [0.717, 1.165) is 30.2 Å². The van der Waals surface area contributed by atoms with E-state index in [1.165, 1.54) is 37.7 Å². The molecule has 5 aliphatic rings. The van der Waals surface area contributed by atoms with Crippen molar-refractivity contribution in [2.24, 2.45) is 33.4 Å². The van der Waals surface area contributed by atoms with Crippen LogP contribution < -0.4 is 0 Å². The van der Waals surface area contributed by atoms with Gasteiger partial charge in [-0.1, -0.05) is 40.1 Å². The van der Waals surface area contributed by atoms with E-state index in [9.17, 15) is 0 Å². The molecule has 0 saturated heterocycles. The lowest BCUT2D eigenvalue weighted by molar-refractivity contribution is -0.0855. The van der Waals surface area contributed by atoms with Crippen molar-refractivity contribution < 1.29 is 0 Å². The number of rotatable bonds is 2. The van der Waals surface area contributed by atoms with Crippen LogP contribution in [0.3, 0.4) is 0 Å². The van der Waals surface area contributed by atoms with Gasteiger partial charge in [0.05, 0.1) is 6.54 Å². The maximum Gasteiger partial charge on any atom is 0.134 e. The van der Waals surface area contributed by atoms with Gasteiger partial charge in [0.1, 0.15) is 4.87 Å². The molecule has 1 heterocycles. The van der Waals surface area contributed by atoms with Crippen LogP contribution in [-0.2, 0) is 6.54 Å². The molecule has 21 heavy (non-hydrogen) atoms. The minimum absolute atomic E-state index is 0.184. The fraction of sp³-hybridized carbons (Fsp3) is 0.647. The molecule has 0 amide bonds. The van der Waals surface area contributed by atoms with Crippen molar-refractivity contribution in [3.8, 4) is 0 Å². The fourth-order valence-corrected chi connectivity index (χ4v) is 6.72. The van der Waals surface area contributed by atoms with Crippen LogP contribution in [0.1, 0.15) is 37.7 Å². The molecule has 1 aliphatic heterocycles. The van der Waals surface area contributed by atoms with E-state index in [1.54, 1.807) is 11.9 Å². The Bertz CT molecular complexity index is 543. The van der Waals surface area contributed by atoms with E-state index in [1.807, 2.05) is 0 Å². The van der Waals surface area contributed by atoms with Gasteiger partial charge in [0.25, 0.3) is 0 Å². The molecule has 0 aromatic heterocycles. The van der Waals surface area contributed by atoms with Gasteiger partial charge in [0.2, 0.25) is 0 Å². The van der Waals surface area contributed by atoms with Crippen LogP contribution in [0.5, 0.6) is 0 Å². The van der Waals surface area contributed by atoms with Gasteiger partial charge in [-0.15, -0.1) is 0 Å². The Labute approximate surface area is 130 Å². The van der Waals surface area contributed by atoms with E-state index < -0.39 is 0 Å². The molecule has 6 rings (SSSR count). The van der Waals surface area contributed by atoms with E-state index in [2.05, 4.69) is 45.1 Å². The minimum Gasteiger partial charge on any atom is -0.255 e. The van der Waals surface area contributed by atoms with Gasteiger partial charge in [0.15, 0.2) is 0 Å². The Morgan fingerprint density at radius 3 is 2.33 bits per heavy atom. The summed E-state index contributed by atoms with van der Waals surface area (Å²) in [5.74, 6) is 3.60. The smallest absolute Gasteiger partial charge is 0.134 e. The van der Waals surface area contributed by atoms with Crippen molar-refractivity contribution in [2.75, 3.05) is 0 Å². The van der Waals surface area contributed by atoms with Gasteiger partial charge in [-0.2, -0.15) is 0 Å². The zero-order valence-corrected chi connectivity index (χ0v) is 13.0. The molecule has 4 fully saturated rings. The highest BCUT2D eigenvalue weighted by molar-refractivity contribution is 7.99. The summed E-state index contributed by atoms with van der Waals surface area (Å²) in [6, 6.07) is 10.8. The highest BCUT2D eigenvalue weighted by atomic mass is 32.2. The van der Waals surface area contributed by atoms with Crippen molar-refractivity contribution in [1.29, 1.82) is 0 Å². The summed E-state index contributed by atoms with van der Waals surface area (Å²) < 4.78 is 4.43. The van der Waals surface area contributed by atoms with Crippen LogP contribution in [-0.4, -0.2) is 9.88 Å². The summed E-state index contributed by atoms with van der Waals surface area (Å²) in [5.41, 5.74) is 1.35. The second kappa shape index (κ2) is 4.48. The number of benzene rings is 1. The zero-order valence-electron chi connectivity index (χ0n) is 12.2. The highest BCUT2D eigenvalue weighted by Crippen LogP contribution is 2.65. The first-order valence-corrected chi connectivity index (χ1v) is 9.02. The highest BCUT2D eigenvalue weighted by Gasteiger charge is 2.62. The Morgan fingerprint density at radius 2 is 1.67 bits per heavy atom. The van der Waals surface area contributed by atoms with E-state index >= 15 is 0 Å². The fourth-order valence-electron chi connectivity index (χ4n) is 5.59. The molecule has 0 atom stereocenters. The summed E-state index contributed by atoms with van der Waals surface area (Å²) in [5, 5.41) is 6.90. The SMILES string of the molecule is c1ccc(CN2N=NSC23C2CC4CC(C2)CC3C4)cc1. The molecule has 0 unspecified atom stereocenters. The molecule has 4 aliphatic carbocycles. The molecule has 4 heteroatoms. The van der Waals surface area contributed by atoms with Crippen molar-refractivity contribution in [2.45, 2.75) is 43.5 Å². The average molecular weight is 299 g/mol. The maximum atomic E-state index is 4.55. The zero-order chi connectivity index (χ0) is 13.9. The lowest BCUT2D eigenvalue weighted by Gasteiger charge is -2.60. The second-order valence-electron chi connectivity index (χ2n) is 7.36. The molecule has 3 nitrogen and oxygen atoms in total. The Kier molecular flexibility index (Phi) is 2.67. The summed E-state index contributed by atoms with van der Waals surface area (Å²) in [6.45, 7) is 0.916. The summed E-state index contributed by atoms with van der Waals surface area (Å²) in [7, 11) is 0. The van der Waals surface area contributed by atoms with E-state index in [0.29, 0.717) is 0 Å². The largest absolute Gasteiger partial charge is 0.255 e. The molecular weight excluding hydrogens is 278 g/mol. The molecule has 1 spiro atoms. The number of hydrogen-bond acceptors (Lipinski definition) is 4. The van der Waals surface area contributed by atoms with Crippen LogP contribution in [0.2, 0.25) is 0 Å². The molecule has 4 saturated carbocycles.